The van der Waals surface area contributed by atoms with E-state index in [0.29, 0.717) is 0 Å². The summed E-state index contributed by atoms with van der Waals surface area (Å²) >= 11 is 0. The second-order valence-corrected chi connectivity index (χ2v) is 5.34. The maximum Gasteiger partial charge on any atom is 0.351 e. The SMILES string of the molecule is CCCC[C@]1(C)C=C/C(=C2/C(=O)O/C(=C\C(=O)OC)C2=O)O1. The Hall–Kier alpha value is -2.37. The first-order chi connectivity index (χ1) is 10.4. The zero-order chi connectivity index (χ0) is 16.3. The van der Waals surface area contributed by atoms with Gasteiger partial charge in [-0.1, -0.05) is 13.3 Å². The van der Waals surface area contributed by atoms with Crippen molar-refractivity contribution in [2.24, 2.45) is 0 Å². The van der Waals surface area contributed by atoms with Gasteiger partial charge in [-0.2, -0.15) is 0 Å². The van der Waals surface area contributed by atoms with E-state index in [4.69, 9.17) is 9.47 Å². The summed E-state index contributed by atoms with van der Waals surface area (Å²) in [7, 11) is 1.17. The maximum absolute atomic E-state index is 12.2. The first-order valence-electron chi connectivity index (χ1n) is 7.09. The monoisotopic (exact) mass is 306 g/mol. The normalized spacial score (nSPS) is 29.0. The third-order valence-electron chi connectivity index (χ3n) is 3.51. The summed E-state index contributed by atoms with van der Waals surface area (Å²) < 4.78 is 15.0. The van der Waals surface area contributed by atoms with Gasteiger partial charge in [0, 0.05) is 0 Å². The van der Waals surface area contributed by atoms with Gasteiger partial charge in [-0.25, -0.2) is 9.59 Å². The molecule has 118 valence electrons. The van der Waals surface area contributed by atoms with Crippen LogP contribution in [0.1, 0.15) is 33.1 Å². The predicted octanol–water partition coefficient (Wildman–Crippen LogP) is 1.96. The molecule has 0 saturated carbocycles. The van der Waals surface area contributed by atoms with Gasteiger partial charge < -0.3 is 14.2 Å². The number of ketones is 1. The molecular formula is C16H18O6. The number of carbonyl (C=O) groups is 3. The van der Waals surface area contributed by atoms with Gasteiger partial charge in [-0.3, -0.25) is 4.79 Å². The molecule has 0 amide bonds. The molecule has 0 unspecified atom stereocenters. The minimum atomic E-state index is -0.820. The van der Waals surface area contributed by atoms with Crippen LogP contribution in [-0.4, -0.2) is 30.4 Å². The number of carbonyl (C=O) groups excluding carboxylic acids is 3. The fraction of sp³-hybridized carbons (Fsp3) is 0.438. The molecule has 6 nitrogen and oxygen atoms in total. The molecule has 2 aliphatic rings. The quantitative estimate of drug-likeness (QED) is 0.449. The van der Waals surface area contributed by atoms with Crippen LogP contribution < -0.4 is 0 Å². The fourth-order valence-electron chi connectivity index (χ4n) is 2.25. The molecule has 0 bridgehead atoms. The highest BCUT2D eigenvalue weighted by atomic mass is 16.6. The average molecular weight is 306 g/mol. The lowest BCUT2D eigenvalue weighted by Crippen LogP contribution is -2.22. The van der Waals surface area contributed by atoms with E-state index in [1.807, 2.05) is 13.0 Å². The summed E-state index contributed by atoms with van der Waals surface area (Å²) in [4.78, 5) is 35.2. The number of cyclic esters (lactones) is 1. The maximum atomic E-state index is 12.2. The number of ether oxygens (including phenoxy) is 3. The molecule has 0 aromatic carbocycles. The lowest BCUT2D eigenvalue weighted by Gasteiger charge is -2.22. The van der Waals surface area contributed by atoms with Crippen LogP contribution in [0, 0.1) is 0 Å². The number of allylic oxidation sites excluding steroid dienone is 2. The highest BCUT2D eigenvalue weighted by molar-refractivity contribution is 6.29. The van der Waals surface area contributed by atoms with E-state index >= 15 is 0 Å². The molecule has 2 heterocycles. The molecule has 1 atom stereocenters. The van der Waals surface area contributed by atoms with Crippen molar-refractivity contribution in [3.63, 3.8) is 0 Å². The van der Waals surface area contributed by atoms with Crippen LogP contribution in [0.3, 0.4) is 0 Å². The Bertz CT molecular complexity index is 610. The van der Waals surface area contributed by atoms with Gasteiger partial charge in [0.25, 0.3) is 0 Å². The predicted molar refractivity (Wildman–Crippen MR) is 76.4 cm³/mol. The second-order valence-electron chi connectivity index (χ2n) is 5.34. The van der Waals surface area contributed by atoms with E-state index in [-0.39, 0.29) is 17.1 Å². The minimum absolute atomic E-state index is 0.182. The van der Waals surface area contributed by atoms with Crippen LogP contribution in [0.25, 0.3) is 0 Å². The average Bonchev–Trinajstić information content (AvgIpc) is 2.98. The van der Waals surface area contributed by atoms with Crippen molar-refractivity contribution < 1.29 is 28.6 Å². The lowest BCUT2D eigenvalue weighted by atomic mass is 10.00. The lowest BCUT2D eigenvalue weighted by molar-refractivity contribution is -0.135. The molecular weight excluding hydrogens is 288 g/mol. The van der Waals surface area contributed by atoms with Crippen LogP contribution >= 0.6 is 0 Å². The molecule has 6 heteroatoms. The summed E-state index contributed by atoms with van der Waals surface area (Å²) in [6, 6.07) is 0. The van der Waals surface area contributed by atoms with Crippen LogP contribution in [0.4, 0.5) is 0 Å². The molecule has 2 rings (SSSR count). The third-order valence-corrected chi connectivity index (χ3v) is 3.51. The van der Waals surface area contributed by atoms with E-state index in [2.05, 4.69) is 11.7 Å². The van der Waals surface area contributed by atoms with Gasteiger partial charge >= 0.3 is 11.9 Å². The molecule has 0 spiro atoms. The van der Waals surface area contributed by atoms with Gasteiger partial charge in [0.1, 0.15) is 11.4 Å². The molecule has 0 radical (unpaired) electrons. The molecule has 0 aromatic rings. The number of methoxy groups -OCH3 is 1. The van der Waals surface area contributed by atoms with Gasteiger partial charge in [0.15, 0.2) is 11.3 Å². The summed E-state index contributed by atoms with van der Waals surface area (Å²) in [6.45, 7) is 3.96. The molecule has 1 saturated heterocycles. The smallest absolute Gasteiger partial charge is 0.351 e. The topological polar surface area (TPSA) is 78.9 Å². The molecule has 22 heavy (non-hydrogen) atoms. The number of hydrogen-bond acceptors (Lipinski definition) is 6. The van der Waals surface area contributed by atoms with Crippen molar-refractivity contribution in [2.45, 2.75) is 38.7 Å². The van der Waals surface area contributed by atoms with E-state index in [1.165, 1.54) is 7.11 Å². The third kappa shape index (κ3) is 3.10. The first-order valence-corrected chi connectivity index (χ1v) is 7.09. The Balaban J connectivity index is 2.25. The van der Waals surface area contributed by atoms with E-state index in [9.17, 15) is 14.4 Å². The molecule has 1 fully saturated rings. The van der Waals surface area contributed by atoms with Crippen molar-refractivity contribution in [3.05, 3.63) is 35.3 Å². The highest BCUT2D eigenvalue weighted by Crippen LogP contribution is 2.34. The van der Waals surface area contributed by atoms with Crippen molar-refractivity contribution in [1.29, 1.82) is 0 Å². The van der Waals surface area contributed by atoms with Gasteiger partial charge in [0.2, 0.25) is 5.78 Å². The van der Waals surface area contributed by atoms with Gasteiger partial charge in [0.05, 0.1) is 13.2 Å². The van der Waals surface area contributed by atoms with Crippen molar-refractivity contribution in [3.8, 4) is 0 Å². The largest absolute Gasteiger partial charge is 0.482 e. The minimum Gasteiger partial charge on any atom is -0.482 e. The summed E-state index contributed by atoms with van der Waals surface area (Å²) in [5.41, 5.74) is -0.722. The number of Topliss-reactive ketones (excluding diaryl/α,β-unsaturated/α-hetero) is 1. The Kier molecular flexibility index (Phi) is 4.49. The van der Waals surface area contributed by atoms with Gasteiger partial charge in [-0.15, -0.1) is 0 Å². The molecule has 0 N–H and O–H groups in total. The van der Waals surface area contributed by atoms with Crippen LogP contribution in [0.15, 0.2) is 35.3 Å². The highest BCUT2D eigenvalue weighted by Gasteiger charge is 2.41. The standard InChI is InChI=1S/C16H18O6/c1-4-5-7-16(2)8-6-10(22-16)13-14(18)11(21-15(13)19)9-12(17)20-3/h6,8-9H,4-5,7H2,1-3H3/b11-9-,13-10-/t16-/m1/s1. The van der Waals surface area contributed by atoms with Crippen molar-refractivity contribution >= 4 is 17.7 Å². The Labute approximate surface area is 128 Å². The number of unbranched alkanes of at least 4 members (excludes halogenated alkanes) is 1. The Morgan fingerprint density at radius 1 is 1.41 bits per heavy atom. The van der Waals surface area contributed by atoms with Crippen molar-refractivity contribution in [1.82, 2.24) is 0 Å². The molecule has 0 aliphatic carbocycles. The summed E-state index contributed by atoms with van der Waals surface area (Å²) in [6.07, 6.45) is 7.05. The number of rotatable bonds is 4. The number of esters is 2. The van der Waals surface area contributed by atoms with Gasteiger partial charge in [-0.05, 0) is 31.9 Å². The van der Waals surface area contributed by atoms with Crippen molar-refractivity contribution in [2.75, 3.05) is 7.11 Å². The molecule has 0 aromatic heterocycles. The van der Waals surface area contributed by atoms with Crippen LogP contribution in [0.2, 0.25) is 0 Å². The van der Waals surface area contributed by atoms with E-state index < -0.39 is 23.3 Å². The number of hydrogen-bond donors (Lipinski definition) is 0. The zero-order valence-electron chi connectivity index (χ0n) is 12.8. The van der Waals surface area contributed by atoms with E-state index in [1.54, 1.807) is 6.08 Å². The van der Waals surface area contributed by atoms with E-state index in [0.717, 1.165) is 25.3 Å². The summed E-state index contributed by atoms with van der Waals surface area (Å²) in [5, 5.41) is 0. The fourth-order valence-corrected chi connectivity index (χ4v) is 2.25. The second kappa shape index (κ2) is 6.17. The molecule has 2 aliphatic heterocycles. The van der Waals surface area contributed by atoms with Crippen LogP contribution in [0.5, 0.6) is 0 Å². The summed E-state index contributed by atoms with van der Waals surface area (Å²) in [5.74, 6) is -2.42. The Morgan fingerprint density at radius 3 is 2.77 bits per heavy atom. The first kappa shape index (κ1) is 16.0. The van der Waals surface area contributed by atoms with Crippen LogP contribution in [-0.2, 0) is 28.6 Å². The Morgan fingerprint density at radius 2 is 2.14 bits per heavy atom. The zero-order valence-corrected chi connectivity index (χ0v) is 12.8.